The predicted octanol–water partition coefficient (Wildman–Crippen LogP) is 2.17. The molecule has 0 radical (unpaired) electrons. The van der Waals surface area contributed by atoms with E-state index in [1.807, 2.05) is 6.08 Å². The van der Waals surface area contributed by atoms with E-state index in [-0.39, 0.29) is 29.3 Å². The molecular formula is C30H48FN5O8. The van der Waals surface area contributed by atoms with E-state index in [4.69, 9.17) is 20.4 Å². The molecule has 4 rings (SSSR count). The Morgan fingerprint density at radius 1 is 1.20 bits per heavy atom. The number of benzene rings is 1. The molecule has 1 aliphatic heterocycles. The van der Waals surface area contributed by atoms with Crippen LogP contribution in [-0.4, -0.2) is 90.4 Å². The molecule has 14 heteroatoms. The number of hydrazine groups is 1. The van der Waals surface area contributed by atoms with E-state index < -0.39 is 30.4 Å². The van der Waals surface area contributed by atoms with E-state index in [2.05, 4.69) is 22.5 Å². The average molecular weight is 626 g/mol. The van der Waals surface area contributed by atoms with E-state index in [9.17, 15) is 24.0 Å². The van der Waals surface area contributed by atoms with Gasteiger partial charge < -0.3 is 35.1 Å². The normalized spacial score (nSPS) is 19.0. The van der Waals surface area contributed by atoms with Gasteiger partial charge in [-0.2, -0.15) is 4.94 Å². The minimum atomic E-state index is -1.16. The second-order valence-electron chi connectivity index (χ2n) is 11.1. The van der Waals surface area contributed by atoms with Crippen molar-refractivity contribution in [3.8, 4) is 11.5 Å². The van der Waals surface area contributed by atoms with Gasteiger partial charge in [-0.15, -0.1) is 9.65 Å². The SMILES string of the molecule is CC1CO1.COc1ccc(CC(NC(=O)CN(F)ON(C)N)C(=O)N[C@H](C=O)CC2=CCCC2)cc1O.OC1CCCCC1. The van der Waals surface area contributed by atoms with Crippen LogP contribution >= 0.6 is 0 Å². The number of epoxide rings is 1. The van der Waals surface area contributed by atoms with Gasteiger partial charge in [0.1, 0.15) is 18.9 Å². The van der Waals surface area contributed by atoms with E-state index in [1.165, 1.54) is 45.6 Å². The maximum atomic E-state index is 13.6. The molecule has 1 aromatic carbocycles. The van der Waals surface area contributed by atoms with Crippen LogP contribution in [0.25, 0.3) is 0 Å². The minimum absolute atomic E-state index is 0.0344. The summed E-state index contributed by atoms with van der Waals surface area (Å²) >= 11 is 0. The Kier molecular flexibility index (Phi) is 16.8. The van der Waals surface area contributed by atoms with Gasteiger partial charge in [0.15, 0.2) is 11.5 Å². The van der Waals surface area contributed by atoms with Crippen molar-refractivity contribution in [2.24, 2.45) is 5.84 Å². The molecule has 44 heavy (non-hydrogen) atoms. The summed E-state index contributed by atoms with van der Waals surface area (Å²) < 4.78 is 23.4. The van der Waals surface area contributed by atoms with Gasteiger partial charge in [0.25, 0.3) is 0 Å². The van der Waals surface area contributed by atoms with Gasteiger partial charge in [-0.05, 0) is 63.1 Å². The highest BCUT2D eigenvalue weighted by molar-refractivity contribution is 5.90. The Balaban J connectivity index is 0.000000507. The van der Waals surface area contributed by atoms with Crippen molar-refractivity contribution in [3.63, 3.8) is 0 Å². The fourth-order valence-electron chi connectivity index (χ4n) is 4.63. The monoisotopic (exact) mass is 625 g/mol. The van der Waals surface area contributed by atoms with Gasteiger partial charge in [-0.1, -0.05) is 37.0 Å². The van der Waals surface area contributed by atoms with Crippen LogP contribution in [-0.2, 0) is 30.5 Å². The first kappa shape index (κ1) is 37.0. The highest BCUT2D eigenvalue weighted by Crippen LogP contribution is 2.27. The number of amides is 2. The van der Waals surface area contributed by atoms with E-state index in [1.54, 1.807) is 6.07 Å². The molecule has 2 amide bonds. The first-order chi connectivity index (χ1) is 21.0. The second-order valence-corrected chi connectivity index (χ2v) is 11.1. The number of aliphatic hydroxyl groups is 1. The molecule has 13 nitrogen and oxygen atoms in total. The lowest BCUT2D eigenvalue weighted by Gasteiger charge is -2.22. The lowest BCUT2D eigenvalue weighted by Crippen LogP contribution is -2.52. The van der Waals surface area contributed by atoms with Gasteiger partial charge in [0.2, 0.25) is 11.8 Å². The zero-order valence-corrected chi connectivity index (χ0v) is 25.9. The van der Waals surface area contributed by atoms with Crippen molar-refractivity contribution >= 4 is 18.1 Å². The van der Waals surface area contributed by atoms with Crippen LogP contribution in [0.4, 0.5) is 4.48 Å². The number of nitrogens with zero attached hydrogens (tertiary/aromatic N) is 2. The number of hydrogen-bond donors (Lipinski definition) is 5. The first-order valence-electron chi connectivity index (χ1n) is 15.0. The van der Waals surface area contributed by atoms with Gasteiger partial charge in [-0.3, -0.25) is 9.59 Å². The Morgan fingerprint density at radius 3 is 2.36 bits per heavy atom. The number of methoxy groups -OCH3 is 1. The molecule has 6 N–H and O–H groups in total. The molecular weight excluding hydrogens is 577 g/mol. The van der Waals surface area contributed by atoms with Crippen molar-refractivity contribution in [2.45, 2.75) is 95.4 Å². The first-order valence-corrected chi connectivity index (χ1v) is 15.0. The third kappa shape index (κ3) is 15.5. The largest absolute Gasteiger partial charge is 0.504 e. The zero-order valence-electron chi connectivity index (χ0n) is 25.9. The molecule has 1 saturated carbocycles. The van der Waals surface area contributed by atoms with Gasteiger partial charge in [-0.25, -0.2) is 5.84 Å². The van der Waals surface area contributed by atoms with Gasteiger partial charge >= 0.3 is 0 Å². The number of hydrogen-bond acceptors (Lipinski definition) is 11. The average Bonchev–Trinajstić information content (AvgIpc) is 3.58. The van der Waals surface area contributed by atoms with Crippen LogP contribution in [0, 0.1) is 0 Å². The Labute approximate surface area is 258 Å². The standard InChI is InChI=1S/C21H30FN5O6.C6H12O.C3H6O/c1-26(23)33-27(22)12-20(30)25-17(10-15-7-8-19(32-2)18(29)11-15)21(31)24-16(13-28)9-14-5-3-4-6-14;7-6-4-2-1-3-5-6;1-3-2-4-3/h5,7-8,11,13,16-17,29H,3-4,6,9-10,12,23H2,1-2H3,(H,24,31)(H,25,30);6-7H,1-5H2;3H,2H2,1H3/t16-,17?;;/m0../s1. The molecule has 3 aliphatic rings. The molecule has 1 aromatic rings. The summed E-state index contributed by atoms with van der Waals surface area (Å²) in [7, 11) is 2.62. The summed E-state index contributed by atoms with van der Waals surface area (Å²) in [5.74, 6) is 3.76. The number of nitrogens with two attached hydrogens (primary N) is 1. The fraction of sp³-hybridized carbons (Fsp3) is 0.633. The number of carbonyl (C=O) groups excluding carboxylic acids is 3. The third-order valence-corrected chi connectivity index (χ3v) is 7.00. The quantitative estimate of drug-likeness (QED) is 0.0542. The lowest BCUT2D eigenvalue weighted by atomic mass is 9.98. The maximum absolute atomic E-state index is 13.6. The summed E-state index contributed by atoms with van der Waals surface area (Å²) in [6.07, 6.45) is 12.4. The number of phenols is 1. The molecule has 1 saturated heterocycles. The number of hydroxylamine groups is 2. The topological polar surface area (TPSA) is 179 Å². The molecule has 3 atom stereocenters. The Bertz CT molecular complexity index is 1070. The minimum Gasteiger partial charge on any atom is -0.504 e. The summed E-state index contributed by atoms with van der Waals surface area (Å²) in [5, 5.41) is 24.2. The fourth-order valence-corrected chi connectivity index (χ4v) is 4.63. The highest BCUT2D eigenvalue weighted by atomic mass is 19.2. The van der Waals surface area contributed by atoms with E-state index >= 15 is 0 Å². The van der Waals surface area contributed by atoms with Crippen LogP contribution < -0.4 is 21.2 Å². The van der Waals surface area contributed by atoms with Crippen LogP contribution in [0.1, 0.15) is 70.3 Å². The van der Waals surface area contributed by atoms with Gasteiger partial charge in [0, 0.05) is 18.8 Å². The number of aromatic hydroxyl groups is 1. The van der Waals surface area contributed by atoms with Crippen LogP contribution in [0.2, 0.25) is 0 Å². The number of rotatable bonds is 13. The number of nitrogens with one attached hydrogen (secondary N) is 2. The van der Waals surface area contributed by atoms with Crippen LogP contribution in [0.3, 0.4) is 0 Å². The zero-order chi connectivity index (χ0) is 32.5. The highest BCUT2D eigenvalue weighted by Gasteiger charge is 2.26. The number of aliphatic hydroxyl groups excluding tert-OH is 1. The van der Waals surface area contributed by atoms with Gasteiger partial charge in [0.05, 0.1) is 32.0 Å². The van der Waals surface area contributed by atoms with Crippen molar-refractivity contribution in [1.29, 1.82) is 0 Å². The number of allylic oxidation sites excluding steroid dienone is 1. The Morgan fingerprint density at radius 2 is 1.89 bits per heavy atom. The summed E-state index contributed by atoms with van der Waals surface area (Å²) in [5.41, 5.74) is 1.59. The van der Waals surface area contributed by atoms with Crippen molar-refractivity contribution in [2.75, 3.05) is 27.3 Å². The molecule has 0 bridgehead atoms. The second kappa shape index (κ2) is 20.0. The number of phenolic OH excluding ortho intramolecular Hbond substituents is 1. The number of carbonyl (C=O) groups is 3. The van der Waals surface area contributed by atoms with E-state index in [0.29, 0.717) is 29.5 Å². The molecule has 2 fully saturated rings. The number of ether oxygens (including phenoxy) is 2. The summed E-state index contributed by atoms with van der Waals surface area (Å²) in [6.45, 7) is 2.18. The van der Waals surface area contributed by atoms with Crippen LogP contribution in [0.5, 0.6) is 11.5 Å². The number of halogens is 1. The molecule has 2 aliphatic carbocycles. The summed E-state index contributed by atoms with van der Waals surface area (Å²) in [4.78, 5) is 41.1. The Hall–Kier alpha value is -3.14. The van der Waals surface area contributed by atoms with Crippen molar-refractivity contribution in [1.82, 2.24) is 21.1 Å². The van der Waals surface area contributed by atoms with Crippen molar-refractivity contribution in [3.05, 3.63) is 35.4 Å². The molecule has 1 heterocycles. The predicted molar refractivity (Wildman–Crippen MR) is 160 cm³/mol. The number of aldehydes is 1. The summed E-state index contributed by atoms with van der Waals surface area (Å²) in [6, 6.07) is 2.59. The van der Waals surface area contributed by atoms with Crippen LogP contribution in [0.15, 0.2) is 29.8 Å². The lowest BCUT2D eigenvalue weighted by molar-refractivity contribution is -0.389. The molecule has 0 spiro atoms. The third-order valence-electron chi connectivity index (χ3n) is 7.00. The molecule has 2 unspecified atom stereocenters. The smallest absolute Gasteiger partial charge is 0.243 e. The maximum Gasteiger partial charge on any atom is 0.243 e. The molecule has 248 valence electrons. The van der Waals surface area contributed by atoms with Crippen molar-refractivity contribution < 1.29 is 43.5 Å². The molecule has 0 aromatic heterocycles. The van der Waals surface area contributed by atoms with E-state index in [0.717, 1.165) is 44.3 Å².